The number of rotatable bonds is 9. The molecule has 0 bridgehead atoms. The van der Waals surface area contributed by atoms with Gasteiger partial charge in [0.1, 0.15) is 0 Å². The minimum absolute atomic E-state index is 0.0181. The molecule has 4 atom stereocenters. The van der Waals surface area contributed by atoms with Crippen LogP contribution in [0.25, 0.3) is 11.1 Å². The summed E-state index contributed by atoms with van der Waals surface area (Å²) >= 11 is 0. The molecule has 0 spiro atoms. The molecule has 8 nitrogen and oxygen atoms in total. The van der Waals surface area contributed by atoms with Crippen LogP contribution in [0.15, 0.2) is 72.8 Å². The highest BCUT2D eigenvalue weighted by molar-refractivity contribution is 5.74. The lowest BCUT2D eigenvalue weighted by Gasteiger charge is -2.43. The average Bonchev–Trinajstić information content (AvgIpc) is 3.02. The second kappa shape index (κ2) is 14.1. The van der Waals surface area contributed by atoms with Gasteiger partial charge in [0, 0.05) is 44.2 Å². The molecule has 3 N–H and O–H groups in total. The maximum Gasteiger partial charge on any atom is 0.315 e. The lowest BCUT2D eigenvalue weighted by Crippen LogP contribution is -2.47. The van der Waals surface area contributed by atoms with E-state index in [-0.39, 0.29) is 30.8 Å². The summed E-state index contributed by atoms with van der Waals surface area (Å²) in [6.45, 7) is 9.25. The Morgan fingerprint density at radius 3 is 2.34 bits per heavy atom. The third-order valence-corrected chi connectivity index (χ3v) is 7.95. The fourth-order valence-electron chi connectivity index (χ4n) is 5.54. The van der Waals surface area contributed by atoms with E-state index in [4.69, 9.17) is 14.2 Å². The summed E-state index contributed by atoms with van der Waals surface area (Å²) in [5.74, 6) is 0.137. The molecule has 3 aromatic rings. The standard InChI is InChI=1S/C33H41N3O5/c1-3-34-33(38)35-20-28-6-4-5-7-29(28)25-12-14-27(15-13-25)32-40-30(21-36-16-18-39-19-17-36)23(2)31(41-32)26-10-8-24(22-37)9-11-26/h4-15,23,30-32,37H,3,16-22H2,1-2H3,(H2,34,35,38)/t23-,30+,31+,32+/m0/s1. The number of aliphatic hydroxyl groups is 1. The summed E-state index contributed by atoms with van der Waals surface area (Å²) in [6, 6.07) is 24.3. The number of carbonyl (C=O) groups excluding carboxylic acids is 1. The highest BCUT2D eigenvalue weighted by Gasteiger charge is 2.39. The first-order valence-electron chi connectivity index (χ1n) is 14.6. The molecular formula is C33H41N3O5. The van der Waals surface area contributed by atoms with Crippen LogP contribution >= 0.6 is 0 Å². The number of hydrogen-bond donors (Lipinski definition) is 3. The van der Waals surface area contributed by atoms with Crippen molar-refractivity contribution in [2.24, 2.45) is 5.92 Å². The molecule has 2 aliphatic heterocycles. The number of morpholine rings is 1. The van der Waals surface area contributed by atoms with Crippen LogP contribution in [0.5, 0.6) is 0 Å². The van der Waals surface area contributed by atoms with Crippen LogP contribution in [0.2, 0.25) is 0 Å². The molecule has 0 aliphatic carbocycles. The van der Waals surface area contributed by atoms with E-state index in [9.17, 15) is 9.90 Å². The van der Waals surface area contributed by atoms with Gasteiger partial charge >= 0.3 is 6.03 Å². The molecule has 0 saturated carbocycles. The van der Waals surface area contributed by atoms with Crippen LogP contribution in [-0.4, -0.2) is 61.5 Å². The first-order valence-corrected chi connectivity index (χ1v) is 14.6. The van der Waals surface area contributed by atoms with Gasteiger partial charge in [0.25, 0.3) is 0 Å². The summed E-state index contributed by atoms with van der Waals surface area (Å²) in [5, 5.41) is 15.2. The number of hydrogen-bond acceptors (Lipinski definition) is 6. The van der Waals surface area contributed by atoms with Crippen molar-refractivity contribution in [1.29, 1.82) is 0 Å². The average molecular weight is 560 g/mol. The second-order valence-corrected chi connectivity index (χ2v) is 10.7. The smallest absolute Gasteiger partial charge is 0.315 e. The Morgan fingerprint density at radius 2 is 1.63 bits per heavy atom. The predicted molar refractivity (Wildman–Crippen MR) is 158 cm³/mol. The van der Waals surface area contributed by atoms with Crippen molar-refractivity contribution >= 4 is 6.03 Å². The van der Waals surface area contributed by atoms with E-state index in [1.165, 1.54) is 0 Å². The van der Waals surface area contributed by atoms with Gasteiger partial charge in [-0.3, -0.25) is 4.90 Å². The Balaban J connectivity index is 1.36. The zero-order chi connectivity index (χ0) is 28.6. The van der Waals surface area contributed by atoms with Crippen molar-refractivity contribution in [2.75, 3.05) is 39.4 Å². The molecule has 5 rings (SSSR count). The van der Waals surface area contributed by atoms with Gasteiger partial charge in [-0.1, -0.05) is 79.7 Å². The van der Waals surface area contributed by atoms with E-state index >= 15 is 0 Å². The maximum absolute atomic E-state index is 11.9. The highest BCUT2D eigenvalue weighted by atomic mass is 16.7. The SMILES string of the molecule is CCNC(=O)NCc1ccccc1-c1ccc([C@@H]2O[C@H](CN3CCOCC3)[C@H](C)[C@H](c3ccc(CO)cc3)O2)cc1. The van der Waals surface area contributed by atoms with Gasteiger partial charge in [0.2, 0.25) is 0 Å². The molecule has 2 fully saturated rings. The molecule has 0 unspecified atom stereocenters. The predicted octanol–water partition coefficient (Wildman–Crippen LogP) is 4.79. The first kappa shape index (κ1) is 29.2. The van der Waals surface area contributed by atoms with E-state index in [2.05, 4.69) is 64.9 Å². The Kier molecular flexibility index (Phi) is 10.0. The number of carbonyl (C=O) groups is 1. The number of aliphatic hydroxyl groups excluding tert-OH is 1. The molecule has 0 radical (unpaired) electrons. The lowest BCUT2D eigenvalue weighted by molar-refractivity contribution is -0.277. The molecular weight excluding hydrogens is 518 g/mol. The Hall–Kier alpha value is -3.27. The third-order valence-electron chi connectivity index (χ3n) is 7.95. The Bertz CT molecular complexity index is 1260. The van der Waals surface area contributed by atoms with Crippen molar-refractivity contribution in [2.45, 2.75) is 45.5 Å². The Morgan fingerprint density at radius 1 is 0.927 bits per heavy atom. The van der Waals surface area contributed by atoms with Gasteiger partial charge in [-0.15, -0.1) is 0 Å². The quantitative estimate of drug-likeness (QED) is 0.349. The lowest BCUT2D eigenvalue weighted by atomic mass is 9.90. The number of urea groups is 1. The van der Waals surface area contributed by atoms with E-state index in [0.29, 0.717) is 13.1 Å². The normalized spacial score (nSPS) is 23.2. The van der Waals surface area contributed by atoms with Crippen LogP contribution in [0.4, 0.5) is 4.79 Å². The fraction of sp³-hybridized carbons (Fsp3) is 0.424. The van der Waals surface area contributed by atoms with Crippen molar-refractivity contribution in [1.82, 2.24) is 15.5 Å². The van der Waals surface area contributed by atoms with Gasteiger partial charge < -0.3 is 30.0 Å². The molecule has 0 aromatic heterocycles. The zero-order valence-corrected chi connectivity index (χ0v) is 23.9. The number of amides is 2. The molecule has 3 aromatic carbocycles. The fourth-order valence-corrected chi connectivity index (χ4v) is 5.54. The number of ether oxygens (including phenoxy) is 3. The summed E-state index contributed by atoms with van der Waals surface area (Å²) in [7, 11) is 0. The third kappa shape index (κ3) is 7.33. The summed E-state index contributed by atoms with van der Waals surface area (Å²) in [4.78, 5) is 14.4. The summed E-state index contributed by atoms with van der Waals surface area (Å²) in [5.41, 5.74) is 6.10. The van der Waals surface area contributed by atoms with Crippen molar-refractivity contribution < 1.29 is 24.1 Å². The van der Waals surface area contributed by atoms with E-state index in [1.807, 2.05) is 37.3 Å². The largest absolute Gasteiger partial charge is 0.392 e. The van der Waals surface area contributed by atoms with E-state index in [0.717, 1.165) is 66.2 Å². The van der Waals surface area contributed by atoms with Gasteiger partial charge in [-0.2, -0.15) is 0 Å². The summed E-state index contributed by atoms with van der Waals surface area (Å²) in [6.07, 6.45) is -0.674. The minimum atomic E-state index is -0.511. The highest BCUT2D eigenvalue weighted by Crippen LogP contribution is 2.42. The molecule has 2 amide bonds. The zero-order valence-electron chi connectivity index (χ0n) is 23.9. The molecule has 218 valence electrons. The number of nitrogens with zero attached hydrogens (tertiary/aromatic N) is 1. The van der Waals surface area contributed by atoms with Crippen molar-refractivity contribution in [3.8, 4) is 11.1 Å². The molecule has 2 heterocycles. The van der Waals surface area contributed by atoms with Crippen LogP contribution < -0.4 is 10.6 Å². The molecule has 2 aliphatic rings. The maximum atomic E-state index is 11.9. The van der Waals surface area contributed by atoms with Crippen LogP contribution in [0.3, 0.4) is 0 Å². The van der Waals surface area contributed by atoms with Crippen molar-refractivity contribution in [3.05, 3.63) is 95.1 Å². The van der Waals surface area contributed by atoms with Crippen LogP contribution in [0.1, 0.15) is 48.5 Å². The number of nitrogens with one attached hydrogen (secondary N) is 2. The molecule has 2 saturated heterocycles. The monoisotopic (exact) mass is 559 g/mol. The van der Waals surface area contributed by atoms with Crippen molar-refractivity contribution in [3.63, 3.8) is 0 Å². The topological polar surface area (TPSA) is 92.3 Å². The Labute approximate surface area is 242 Å². The van der Waals surface area contributed by atoms with E-state index in [1.54, 1.807) is 0 Å². The number of benzene rings is 3. The van der Waals surface area contributed by atoms with Gasteiger partial charge in [0.05, 0.1) is 32.0 Å². The first-order chi connectivity index (χ1) is 20.1. The molecule has 8 heteroatoms. The van der Waals surface area contributed by atoms with Crippen LogP contribution in [-0.2, 0) is 27.4 Å². The van der Waals surface area contributed by atoms with Gasteiger partial charge in [-0.05, 0) is 34.7 Å². The van der Waals surface area contributed by atoms with Gasteiger partial charge in [-0.25, -0.2) is 4.79 Å². The molecule has 41 heavy (non-hydrogen) atoms. The van der Waals surface area contributed by atoms with E-state index < -0.39 is 6.29 Å². The summed E-state index contributed by atoms with van der Waals surface area (Å²) < 4.78 is 18.8. The minimum Gasteiger partial charge on any atom is -0.392 e. The van der Waals surface area contributed by atoms with Gasteiger partial charge in [0.15, 0.2) is 6.29 Å². The van der Waals surface area contributed by atoms with Crippen LogP contribution in [0, 0.1) is 5.92 Å². The second-order valence-electron chi connectivity index (χ2n) is 10.7.